The zero-order valence-corrected chi connectivity index (χ0v) is 14.8. The lowest BCUT2D eigenvalue weighted by Gasteiger charge is -2.32. The van der Waals surface area contributed by atoms with E-state index in [1.54, 1.807) is 0 Å². The Morgan fingerprint density at radius 3 is 2.70 bits per heavy atom. The van der Waals surface area contributed by atoms with E-state index < -0.39 is 0 Å². The van der Waals surface area contributed by atoms with Crippen molar-refractivity contribution in [2.24, 2.45) is 0 Å². The summed E-state index contributed by atoms with van der Waals surface area (Å²) in [7, 11) is 0. The molecule has 23 heavy (non-hydrogen) atoms. The molecule has 5 heteroatoms. The third-order valence-corrected chi connectivity index (χ3v) is 4.59. The maximum absolute atomic E-state index is 4.08. The average molecular weight is 335 g/mol. The quantitative estimate of drug-likeness (QED) is 0.882. The van der Waals surface area contributed by atoms with E-state index >= 15 is 0 Å². The van der Waals surface area contributed by atoms with Gasteiger partial charge in [0.2, 0.25) is 0 Å². The van der Waals surface area contributed by atoms with E-state index in [1.807, 2.05) is 6.20 Å². The van der Waals surface area contributed by atoms with Gasteiger partial charge >= 0.3 is 0 Å². The second kappa shape index (κ2) is 8.48. The van der Waals surface area contributed by atoms with Crippen LogP contribution in [0.25, 0.3) is 0 Å². The number of aromatic amines is 1. The number of rotatable bonds is 5. The Kier molecular flexibility index (Phi) is 6.63. The van der Waals surface area contributed by atoms with E-state index in [-0.39, 0.29) is 12.4 Å². The van der Waals surface area contributed by atoms with Crippen molar-refractivity contribution >= 4 is 12.4 Å². The number of hydrogen-bond donors (Lipinski definition) is 2. The molecule has 0 bridgehead atoms. The molecular formula is C18H27ClN4. The fourth-order valence-corrected chi connectivity index (χ4v) is 3.17. The highest BCUT2D eigenvalue weighted by molar-refractivity contribution is 5.85. The summed E-state index contributed by atoms with van der Waals surface area (Å²) in [6.07, 6.45) is 4.38. The molecule has 0 radical (unpaired) electrons. The summed E-state index contributed by atoms with van der Waals surface area (Å²) in [6, 6.07) is 9.48. The van der Waals surface area contributed by atoms with E-state index in [9.17, 15) is 0 Å². The fourth-order valence-electron chi connectivity index (χ4n) is 3.17. The van der Waals surface area contributed by atoms with Gasteiger partial charge in [0.15, 0.2) is 0 Å². The van der Waals surface area contributed by atoms with Gasteiger partial charge < -0.3 is 5.32 Å². The molecule has 0 saturated carbocycles. The minimum atomic E-state index is 0. The van der Waals surface area contributed by atoms with Crippen molar-refractivity contribution in [2.75, 3.05) is 13.1 Å². The monoisotopic (exact) mass is 334 g/mol. The third-order valence-electron chi connectivity index (χ3n) is 4.59. The Labute approximate surface area is 145 Å². The Morgan fingerprint density at radius 1 is 1.26 bits per heavy atom. The van der Waals surface area contributed by atoms with Crippen LogP contribution in [-0.2, 0) is 13.1 Å². The van der Waals surface area contributed by atoms with Gasteiger partial charge in [0, 0.05) is 30.4 Å². The first-order valence-electron chi connectivity index (χ1n) is 8.21. The lowest BCUT2D eigenvalue weighted by molar-refractivity contribution is 0.190. The Balaban J connectivity index is 0.00000192. The number of halogens is 1. The predicted molar refractivity (Wildman–Crippen MR) is 96.9 cm³/mol. The molecule has 1 fully saturated rings. The number of likely N-dealkylation sites (tertiary alicyclic amines) is 1. The van der Waals surface area contributed by atoms with E-state index in [4.69, 9.17) is 0 Å². The molecule has 4 nitrogen and oxygen atoms in total. The second-order valence-electron chi connectivity index (χ2n) is 6.44. The minimum absolute atomic E-state index is 0. The summed E-state index contributed by atoms with van der Waals surface area (Å²) >= 11 is 0. The average Bonchev–Trinajstić information content (AvgIpc) is 2.92. The number of aryl methyl sites for hydroxylation is 2. The summed E-state index contributed by atoms with van der Waals surface area (Å²) in [5.41, 5.74) is 5.23. The number of benzene rings is 1. The van der Waals surface area contributed by atoms with Crippen LogP contribution in [0.1, 0.15) is 35.2 Å². The van der Waals surface area contributed by atoms with E-state index in [0.717, 1.165) is 13.1 Å². The summed E-state index contributed by atoms with van der Waals surface area (Å²) in [5, 5.41) is 10.7. The SMILES string of the molecule is Cc1cccc(CN2CCC(NCc3cn[nH]c3C)CC2)c1.Cl. The van der Waals surface area contributed by atoms with Gasteiger partial charge in [-0.25, -0.2) is 0 Å². The van der Waals surface area contributed by atoms with E-state index in [1.165, 1.54) is 48.3 Å². The smallest absolute Gasteiger partial charge is 0.0535 e. The zero-order chi connectivity index (χ0) is 15.4. The Hall–Kier alpha value is -1.36. The number of aromatic nitrogens is 2. The van der Waals surface area contributed by atoms with Crippen molar-refractivity contribution in [1.82, 2.24) is 20.4 Å². The Bertz CT molecular complexity index is 603. The number of hydrogen-bond acceptors (Lipinski definition) is 3. The number of H-pyrrole nitrogens is 1. The maximum atomic E-state index is 4.08. The van der Waals surface area contributed by atoms with Crippen LogP contribution in [0.4, 0.5) is 0 Å². The van der Waals surface area contributed by atoms with Crippen molar-refractivity contribution in [3.63, 3.8) is 0 Å². The van der Waals surface area contributed by atoms with Crippen LogP contribution in [0.5, 0.6) is 0 Å². The standard InChI is InChI=1S/C18H26N4.ClH/c1-14-4-3-5-16(10-14)13-22-8-6-18(7-9-22)19-11-17-12-20-21-15(17)2;/h3-5,10,12,18-19H,6-9,11,13H2,1-2H3,(H,20,21);1H. The molecule has 1 aliphatic heterocycles. The lowest BCUT2D eigenvalue weighted by atomic mass is 10.0. The highest BCUT2D eigenvalue weighted by Gasteiger charge is 2.19. The van der Waals surface area contributed by atoms with Gasteiger partial charge in [-0.15, -0.1) is 12.4 Å². The van der Waals surface area contributed by atoms with Crippen LogP contribution in [-0.4, -0.2) is 34.2 Å². The number of piperidine rings is 1. The topological polar surface area (TPSA) is 44.0 Å². The fraction of sp³-hybridized carbons (Fsp3) is 0.500. The van der Waals surface area contributed by atoms with Crippen LogP contribution < -0.4 is 5.32 Å². The highest BCUT2D eigenvalue weighted by Crippen LogP contribution is 2.15. The number of nitrogens with zero attached hydrogens (tertiary/aromatic N) is 2. The molecule has 0 amide bonds. The Morgan fingerprint density at radius 2 is 2.04 bits per heavy atom. The first kappa shape index (κ1) is 18.0. The summed E-state index contributed by atoms with van der Waals surface area (Å²) < 4.78 is 0. The van der Waals surface area contributed by atoms with Gasteiger partial charge in [-0.2, -0.15) is 5.10 Å². The van der Waals surface area contributed by atoms with Gasteiger partial charge in [-0.3, -0.25) is 10.00 Å². The molecule has 1 aromatic carbocycles. The molecule has 1 aliphatic rings. The molecule has 3 rings (SSSR count). The second-order valence-corrected chi connectivity index (χ2v) is 6.44. The van der Waals surface area contributed by atoms with Crippen molar-refractivity contribution < 1.29 is 0 Å². The molecule has 126 valence electrons. The zero-order valence-electron chi connectivity index (χ0n) is 14.0. The molecule has 1 aromatic heterocycles. The van der Waals surface area contributed by atoms with Crippen LogP contribution >= 0.6 is 12.4 Å². The van der Waals surface area contributed by atoms with Gasteiger partial charge in [0.05, 0.1) is 6.20 Å². The predicted octanol–water partition coefficient (Wildman–Crippen LogP) is 3.20. The minimum Gasteiger partial charge on any atom is -0.310 e. The molecule has 1 saturated heterocycles. The largest absolute Gasteiger partial charge is 0.310 e. The van der Waals surface area contributed by atoms with Crippen LogP contribution in [0.2, 0.25) is 0 Å². The van der Waals surface area contributed by atoms with Crippen molar-refractivity contribution in [3.8, 4) is 0 Å². The van der Waals surface area contributed by atoms with Crippen LogP contribution in [0, 0.1) is 13.8 Å². The van der Waals surface area contributed by atoms with Gasteiger partial charge in [0.25, 0.3) is 0 Å². The summed E-state index contributed by atoms with van der Waals surface area (Å²) in [6.45, 7) is 8.60. The highest BCUT2D eigenvalue weighted by atomic mass is 35.5. The van der Waals surface area contributed by atoms with Gasteiger partial charge in [0.1, 0.15) is 0 Å². The molecule has 0 unspecified atom stereocenters. The van der Waals surface area contributed by atoms with Crippen LogP contribution in [0.15, 0.2) is 30.5 Å². The third kappa shape index (κ3) is 5.06. The molecular weight excluding hydrogens is 308 g/mol. The molecule has 0 aliphatic carbocycles. The van der Waals surface area contributed by atoms with Gasteiger partial charge in [-0.1, -0.05) is 29.8 Å². The lowest BCUT2D eigenvalue weighted by Crippen LogP contribution is -2.41. The molecule has 2 aromatic rings. The first-order chi connectivity index (χ1) is 10.7. The van der Waals surface area contributed by atoms with Crippen molar-refractivity contribution in [1.29, 1.82) is 0 Å². The number of nitrogens with one attached hydrogen (secondary N) is 2. The van der Waals surface area contributed by atoms with Crippen LogP contribution in [0.3, 0.4) is 0 Å². The molecule has 2 heterocycles. The molecule has 0 spiro atoms. The molecule has 2 N–H and O–H groups in total. The van der Waals surface area contributed by atoms with Crippen molar-refractivity contribution in [2.45, 2.75) is 45.8 Å². The normalized spacial score (nSPS) is 16.3. The summed E-state index contributed by atoms with van der Waals surface area (Å²) in [4.78, 5) is 2.57. The van der Waals surface area contributed by atoms with E-state index in [2.05, 4.69) is 58.5 Å². The summed E-state index contributed by atoms with van der Waals surface area (Å²) in [5.74, 6) is 0. The van der Waals surface area contributed by atoms with Crippen molar-refractivity contribution in [3.05, 3.63) is 52.8 Å². The molecule has 0 atom stereocenters. The first-order valence-corrected chi connectivity index (χ1v) is 8.21. The maximum Gasteiger partial charge on any atom is 0.0535 e. The van der Waals surface area contributed by atoms with E-state index in [0.29, 0.717) is 6.04 Å². The van der Waals surface area contributed by atoms with Gasteiger partial charge in [-0.05, 0) is 45.3 Å².